The second-order valence-electron chi connectivity index (χ2n) is 5.06. The summed E-state index contributed by atoms with van der Waals surface area (Å²) in [5.74, 6) is -0.827. The third-order valence-corrected chi connectivity index (χ3v) is 3.38. The van der Waals surface area contributed by atoms with E-state index in [2.05, 4.69) is 0 Å². The zero-order valence-corrected chi connectivity index (χ0v) is 12.0. The summed E-state index contributed by atoms with van der Waals surface area (Å²) in [6.45, 7) is -0.549. The van der Waals surface area contributed by atoms with Crippen LogP contribution in [0.3, 0.4) is 0 Å². The number of carboxylic acids is 1. The van der Waals surface area contributed by atoms with Gasteiger partial charge in [0.15, 0.2) is 0 Å². The van der Waals surface area contributed by atoms with Crippen molar-refractivity contribution in [1.82, 2.24) is 0 Å². The first-order valence-corrected chi connectivity index (χ1v) is 6.90. The molecular formula is C15H18O8. The maximum absolute atomic E-state index is 10.5. The van der Waals surface area contributed by atoms with E-state index >= 15 is 0 Å². The van der Waals surface area contributed by atoms with E-state index in [-0.39, 0.29) is 5.75 Å². The van der Waals surface area contributed by atoms with Crippen LogP contribution in [0.5, 0.6) is 5.75 Å². The van der Waals surface area contributed by atoms with Gasteiger partial charge in [-0.15, -0.1) is 0 Å². The summed E-state index contributed by atoms with van der Waals surface area (Å²) in [4.78, 5) is 10.5. The molecule has 0 aliphatic carbocycles. The number of ether oxygens (including phenoxy) is 2. The first-order valence-electron chi connectivity index (χ1n) is 6.90. The Morgan fingerprint density at radius 2 is 1.96 bits per heavy atom. The Balaban J connectivity index is 2.11. The van der Waals surface area contributed by atoms with Gasteiger partial charge in [0.05, 0.1) is 6.61 Å². The zero-order chi connectivity index (χ0) is 17.0. The Kier molecular flexibility index (Phi) is 5.69. The van der Waals surface area contributed by atoms with E-state index in [1.54, 1.807) is 18.2 Å². The summed E-state index contributed by atoms with van der Waals surface area (Å²) in [5, 5.41) is 47.0. The SMILES string of the molecule is O=C(O)/C=C/c1cccc(O[C@H]2O[C@H](CO)[C@@H](O)[C@H](O)[C@H]2O)c1. The summed E-state index contributed by atoms with van der Waals surface area (Å²) in [5.41, 5.74) is 0.550. The molecule has 0 aromatic heterocycles. The monoisotopic (exact) mass is 326 g/mol. The van der Waals surface area contributed by atoms with Gasteiger partial charge >= 0.3 is 5.97 Å². The van der Waals surface area contributed by atoms with E-state index in [1.807, 2.05) is 0 Å². The minimum atomic E-state index is -1.53. The highest BCUT2D eigenvalue weighted by Crippen LogP contribution is 2.25. The van der Waals surface area contributed by atoms with E-state index in [4.69, 9.17) is 19.7 Å². The fourth-order valence-corrected chi connectivity index (χ4v) is 2.16. The molecule has 0 bridgehead atoms. The summed E-state index contributed by atoms with van der Waals surface area (Å²) < 4.78 is 10.7. The van der Waals surface area contributed by atoms with Crippen molar-refractivity contribution < 1.29 is 39.8 Å². The number of hydrogen-bond donors (Lipinski definition) is 5. The molecule has 23 heavy (non-hydrogen) atoms. The Morgan fingerprint density at radius 1 is 1.22 bits per heavy atom. The van der Waals surface area contributed by atoms with Gasteiger partial charge in [-0.3, -0.25) is 0 Å². The first kappa shape index (κ1) is 17.4. The smallest absolute Gasteiger partial charge is 0.328 e. The summed E-state index contributed by atoms with van der Waals surface area (Å²) in [7, 11) is 0. The second kappa shape index (κ2) is 7.53. The Bertz CT molecular complexity index is 570. The van der Waals surface area contributed by atoms with Crippen molar-refractivity contribution in [2.45, 2.75) is 30.7 Å². The van der Waals surface area contributed by atoms with Crippen molar-refractivity contribution in [2.24, 2.45) is 0 Å². The molecule has 8 heteroatoms. The van der Waals surface area contributed by atoms with Crippen LogP contribution >= 0.6 is 0 Å². The lowest BCUT2D eigenvalue weighted by atomic mass is 9.99. The summed E-state index contributed by atoms with van der Waals surface area (Å²) in [6, 6.07) is 6.33. The number of carboxylic acid groups (broad SMARTS) is 1. The van der Waals surface area contributed by atoms with Crippen LogP contribution in [0.15, 0.2) is 30.3 Å². The maximum Gasteiger partial charge on any atom is 0.328 e. The predicted octanol–water partition coefficient (Wildman–Crippen LogP) is -1.04. The molecule has 1 aliphatic rings. The molecule has 8 nitrogen and oxygen atoms in total. The lowest BCUT2D eigenvalue weighted by Gasteiger charge is -2.39. The molecule has 0 unspecified atom stereocenters. The van der Waals surface area contributed by atoms with E-state index in [9.17, 15) is 20.1 Å². The lowest BCUT2D eigenvalue weighted by molar-refractivity contribution is -0.277. The minimum absolute atomic E-state index is 0.266. The predicted molar refractivity (Wildman–Crippen MR) is 77.5 cm³/mol. The van der Waals surface area contributed by atoms with Gasteiger partial charge in [0.1, 0.15) is 30.2 Å². The molecule has 1 fully saturated rings. The van der Waals surface area contributed by atoms with Gasteiger partial charge in [0.25, 0.3) is 0 Å². The molecule has 1 saturated heterocycles. The average molecular weight is 326 g/mol. The number of aliphatic hydroxyl groups is 4. The molecule has 0 radical (unpaired) electrons. The molecule has 1 aromatic carbocycles. The third-order valence-electron chi connectivity index (χ3n) is 3.38. The van der Waals surface area contributed by atoms with Crippen LogP contribution in [-0.4, -0.2) is 68.8 Å². The van der Waals surface area contributed by atoms with Crippen molar-refractivity contribution in [3.63, 3.8) is 0 Å². The summed E-state index contributed by atoms with van der Waals surface area (Å²) >= 11 is 0. The number of aliphatic hydroxyl groups excluding tert-OH is 4. The summed E-state index contributed by atoms with van der Waals surface area (Å²) in [6.07, 6.45) is -4.51. The van der Waals surface area contributed by atoms with Crippen molar-refractivity contribution in [1.29, 1.82) is 0 Å². The lowest BCUT2D eigenvalue weighted by Crippen LogP contribution is -2.60. The first-order chi connectivity index (χ1) is 10.9. The molecule has 1 aromatic rings. The van der Waals surface area contributed by atoms with E-state index in [0.717, 1.165) is 6.08 Å². The van der Waals surface area contributed by atoms with Gasteiger partial charge in [-0.1, -0.05) is 12.1 Å². The van der Waals surface area contributed by atoms with Crippen molar-refractivity contribution in [3.05, 3.63) is 35.9 Å². The van der Waals surface area contributed by atoms with Crippen LogP contribution in [0.2, 0.25) is 0 Å². The molecule has 1 heterocycles. The van der Waals surface area contributed by atoms with Crippen LogP contribution < -0.4 is 4.74 Å². The normalized spacial score (nSPS) is 31.2. The molecule has 126 valence electrons. The number of hydrogen-bond acceptors (Lipinski definition) is 7. The zero-order valence-electron chi connectivity index (χ0n) is 12.0. The molecular weight excluding hydrogens is 308 g/mol. The highest BCUT2D eigenvalue weighted by atomic mass is 16.7. The third kappa shape index (κ3) is 4.27. The molecule has 5 N–H and O–H groups in total. The van der Waals surface area contributed by atoms with Crippen LogP contribution in [0.25, 0.3) is 6.08 Å². The highest BCUT2D eigenvalue weighted by Gasteiger charge is 2.44. The molecule has 0 amide bonds. The highest BCUT2D eigenvalue weighted by molar-refractivity contribution is 5.85. The second-order valence-corrected chi connectivity index (χ2v) is 5.06. The standard InChI is InChI=1S/C15H18O8/c16-7-10-12(19)13(20)14(21)15(23-10)22-9-3-1-2-8(6-9)4-5-11(17)18/h1-6,10,12-16,19-21H,7H2,(H,17,18)/b5-4+/t10-,12-,13+,14-,15+/m1/s1. The number of aliphatic carboxylic acids is 1. The van der Waals surface area contributed by atoms with Crippen LogP contribution in [-0.2, 0) is 9.53 Å². The van der Waals surface area contributed by atoms with Gasteiger partial charge in [0, 0.05) is 6.08 Å². The van der Waals surface area contributed by atoms with Crippen molar-refractivity contribution >= 4 is 12.0 Å². The Morgan fingerprint density at radius 3 is 2.61 bits per heavy atom. The fraction of sp³-hybridized carbons (Fsp3) is 0.400. The van der Waals surface area contributed by atoms with Crippen molar-refractivity contribution in [2.75, 3.05) is 6.61 Å². The molecule has 2 rings (SSSR count). The molecule has 1 aliphatic heterocycles. The fourth-order valence-electron chi connectivity index (χ4n) is 2.16. The van der Waals surface area contributed by atoms with E-state index in [0.29, 0.717) is 5.56 Å². The van der Waals surface area contributed by atoms with Gasteiger partial charge in [-0.2, -0.15) is 0 Å². The topological polar surface area (TPSA) is 137 Å². The number of benzene rings is 1. The van der Waals surface area contributed by atoms with Crippen molar-refractivity contribution in [3.8, 4) is 5.75 Å². The van der Waals surface area contributed by atoms with Crippen LogP contribution in [0, 0.1) is 0 Å². The largest absolute Gasteiger partial charge is 0.478 e. The quantitative estimate of drug-likeness (QED) is 0.433. The molecule has 5 atom stereocenters. The van der Waals surface area contributed by atoms with Gasteiger partial charge in [-0.25, -0.2) is 4.79 Å². The molecule has 0 spiro atoms. The van der Waals surface area contributed by atoms with Gasteiger partial charge in [-0.05, 0) is 23.8 Å². The Hall–Kier alpha value is -1.97. The Labute approximate surface area is 131 Å². The van der Waals surface area contributed by atoms with Gasteiger partial charge < -0.3 is 35.0 Å². The minimum Gasteiger partial charge on any atom is -0.478 e. The number of carbonyl (C=O) groups is 1. The van der Waals surface area contributed by atoms with Gasteiger partial charge in [0.2, 0.25) is 6.29 Å². The number of rotatable bonds is 5. The van der Waals surface area contributed by atoms with Crippen LogP contribution in [0.4, 0.5) is 0 Å². The molecule has 0 saturated carbocycles. The average Bonchev–Trinajstić information content (AvgIpc) is 2.54. The van der Waals surface area contributed by atoms with E-state index in [1.165, 1.54) is 12.1 Å². The van der Waals surface area contributed by atoms with E-state index < -0.39 is 43.3 Å². The van der Waals surface area contributed by atoms with Crippen LogP contribution in [0.1, 0.15) is 5.56 Å². The maximum atomic E-state index is 10.5.